The maximum Gasteiger partial charge on any atom is 0.416 e. The van der Waals surface area contributed by atoms with E-state index in [1.807, 2.05) is 0 Å². The lowest BCUT2D eigenvalue weighted by Crippen LogP contribution is -2.43. The average Bonchev–Trinajstić information content (AvgIpc) is 2.55. The van der Waals surface area contributed by atoms with E-state index in [9.17, 15) is 23.1 Å². The van der Waals surface area contributed by atoms with Gasteiger partial charge in [0, 0.05) is 30.1 Å². The molecule has 1 aromatic carbocycles. The van der Waals surface area contributed by atoms with Gasteiger partial charge in [0.1, 0.15) is 0 Å². The first-order valence-corrected chi connectivity index (χ1v) is 8.35. The fourth-order valence-electron chi connectivity index (χ4n) is 3.01. The van der Waals surface area contributed by atoms with E-state index in [0.29, 0.717) is 32.5 Å². The zero-order valence-corrected chi connectivity index (χ0v) is 14.3. The predicted octanol–water partition coefficient (Wildman–Crippen LogP) is 2.41. The van der Waals surface area contributed by atoms with Crippen molar-refractivity contribution in [3.05, 3.63) is 34.3 Å². The predicted molar refractivity (Wildman–Crippen MR) is 87.6 cm³/mol. The van der Waals surface area contributed by atoms with Crippen molar-refractivity contribution in [2.24, 2.45) is 5.84 Å². The third-order valence-electron chi connectivity index (χ3n) is 4.52. The number of hydrogen-bond acceptors (Lipinski definition) is 4. The largest absolute Gasteiger partial charge is 0.416 e. The van der Waals surface area contributed by atoms with Gasteiger partial charge in [-0.3, -0.25) is 10.2 Å². The second-order valence-corrected chi connectivity index (χ2v) is 6.64. The van der Waals surface area contributed by atoms with Crippen molar-refractivity contribution in [2.45, 2.75) is 37.5 Å². The Morgan fingerprint density at radius 3 is 2.56 bits per heavy atom. The molecule has 0 saturated carbocycles. The van der Waals surface area contributed by atoms with Gasteiger partial charge in [0.05, 0.1) is 11.2 Å². The molecule has 0 unspecified atom stereocenters. The molecule has 1 heterocycles. The number of nitrogens with zero attached hydrogens (tertiary/aromatic N) is 1. The number of aliphatic hydroxyl groups is 1. The third-order valence-corrected chi connectivity index (χ3v) is 4.85. The van der Waals surface area contributed by atoms with Crippen LogP contribution in [0.2, 0.25) is 5.02 Å². The molecule has 0 spiro atoms. The van der Waals surface area contributed by atoms with Gasteiger partial charge < -0.3 is 10.0 Å². The number of amides is 1. The molecule has 0 radical (unpaired) electrons. The molecule has 0 atom stereocenters. The smallest absolute Gasteiger partial charge is 0.385 e. The molecule has 140 valence electrons. The average molecular weight is 380 g/mol. The lowest BCUT2D eigenvalue weighted by molar-refractivity contribution is -0.137. The van der Waals surface area contributed by atoms with Gasteiger partial charge in [-0.05, 0) is 44.0 Å². The van der Waals surface area contributed by atoms with Crippen molar-refractivity contribution < 1.29 is 23.1 Å². The quantitative estimate of drug-likeness (QED) is 0.417. The molecule has 0 aromatic heterocycles. The molecule has 9 heteroatoms. The van der Waals surface area contributed by atoms with Gasteiger partial charge in [0.25, 0.3) is 0 Å². The fourth-order valence-corrected chi connectivity index (χ4v) is 3.30. The summed E-state index contributed by atoms with van der Waals surface area (Å²) in [6.45, 7) is 1.67. The van der Waals surface area contributed by atoms with Crippen LogP contribution >= 0.6 is 11.6 Å². The number of alkyl halides is 3. The number of halogens is 4. The number of piperidine rings is 1. The summed E-state index contributed by atoms with van der Waals surface area (Å²) in [5, 5.41) is 11.0. The van der Waals surface area contributed by atoms with E-state index in [1.165, 1.54) is 6.07 Å². The first-order chi connectivity index (χ1) is 11.7. The molecule has 1 fully saturated rings. The normalized spacial score (nSPS) is 18.2. The molecule has 0 aliphatic carbocycles. The fraction of sp³-hybridized carbons (Fsp3) is 0.562. The first-order valence-electron chi connectivity index (χ1n) is 7.97. The number of benzene rings is 1. The van der Waals surface area contributed by atoms with E-state index >= 15 is 0 Å². The number of hydrazine groups is 1. The van der Waals surface area contributed by atoms with Crippen LogP contribution in [0.3, 0.4) is 0 Å². The highest BCUT2D eigenvalue weighted by Gasteiger charge is 2.38. The highest BCUT2D eigenvalue weighted by Crippen LogP contribution is 2.40. The standard InChI is InChI=1S/C16H21ClF3N3O2/c17-13-4-3-11(16(18,19)20)10-12(13)15(25)5-8-23(9-6-15)7-1-2-14(24)22-21/h3-4,10,25H,1-2,5-9,21H2,(H,22,24). The maximum absolute atomic E-state index is 12.9. The van der Waals surface area contributed by atoms with Crippen molar-refractivity contribution in [1.82, 2.24) is 10.3 Å². The van der Waals surface area contributed by atoms with Crippen LogP contribution in [-0.4, -0.2) is 35.5 Å². The number of nitrogens with two attached hydrogens (primary N) is 1. The minimum atomic E-state index is -4.49. The van der Waals surface area contributed by atoms with Crippen LogP contribution in [0.15, 0.2) is 18.2 Å². The molecule has 1 amide bonds. The van der Waals surface area contributed by atoms with E-state index < -0.39 is 17.3 Å². The first kappa shape index (κ1) is 20.0. The SMILES string of the molecule is NNC(=O)CCCN1CCC(O)(c2cc(C(F)(F)F)ccc2Cl)CC1. The van der Waals surface area contributed by atoms with Gasteiger partial charge in [-0.15, -0.1) is 0 Å². The molecule has 25 heavy (non-hydrogen) atoms. The van der Waals surface area contributed by atoms with E-state index in [2.05, 4.69) is 10.3 Å². The van der Waals surface area contributed by atoms with Gasteiger partial charge in [-0.25, -0.2) is 5.84 Å². The second-order valence-electron chi connectivity index (χ2n) is 6.24. The molecule has 1 saturated heterocycles. The Morgan fingerprint density at radius 1 is 1.36 bits per heavy atom. The Hall–Kier alpha value is -1.35. The zero-order valence-electron chi connectivity index (χ0n) is 13.6. The molecular formula is C16H21ClF3N3O2. The Bertz CT molecular complexity index is 617. The van der Waals surface area contributed by atoms with Gasteiger partial charge in [-0.2, -0.15) is 13.2 Å². The minimum Gasteiger partial charge on any atom is -0.385 e. The highest BCUT2D eigenvalue weighted by atomic mass is 35.5. The Kier molecular flexibility index (Phi) is 6.31. The summed E-state index contributed by atoms with van der Waals surface area (Å²) in [5.41, 5.74) is -0.0353. The van der Waals surface area contributed by atoms with Crippen molar-refractivity contribution in [3.8, 4) is 0 Å². The van der Waals surface area contributed by atoms with Crippen LogP contribution in [0.5, 0.6) is 0 Å². The molecule has 0 bridgehead atoms. The Labute approximate surface area is 148 Å². The summed E-state index contributed by atoms with van der Waals surface area (Å²) < 4.78 is 38.7. The van der Waals surface area contributed by atoms with Crippen molar-refractivity contribution in [3.63, 3.8) is 0 Å². The molecule has 1 aromatic rings. The maximum atomic E-state index is 12.9. The lowest BCUT2D eigenvalue weighted by atomic mass is 9.83. The summed E-state index contributed by atoms with van der Waals surface area (Å²) in [5.74, 6) is 4.76. The summed E-state index contributed by atoms with van der Waals surface area (Å²) >= 11 is 6.04. The van der Waals surface area contributed by atoms with Gasteiger partial charge >= 0.3 is 6.18 Å². The molecule has 1 aliphatic heterocycles. The van der Waals surface area contributed by atoms with E-state index in [4.69, 9.17) is 17.4 Å². The van der Waals surface area contributed by atoms with Crippen LogP contribution in [0.1, 0.15) is 36.8 Å². The second kappa shape index (κ2) is 7.90. The van der Waals surface area contributed by atoms with E-state index in [1.54, 1.807) is 0 Å². The number of likely N-dealkylation sites (tertiary alicyclic amines) is 1. The molecule has 4 N–H and O–H groups in total. The van der Waals surface area contributed by atoms with Crippen LogP contribution in [-0.2, 0) is 16.6 Å². The summed E-state index contributed by atoms with van der Waals surface area (Å²) in [4.78, 5) is 13.1. The monoisotopic (exact) mass is 379 g/mol. The molecule has 5 nitrogen and oxygen atoms in total. The molecule has 2 rings (SSSR count). The molecular weight excluding hydrogens is 359 g/mol. The van der Waals surface area contributed by atoms with Crippen molar-refractivity contribution in [1.29, 1.82) is 0 Å². The highest BCUT2D eigenvalue weighted by molar-refractivity contribution is 6.31. The summed E-state index contributed by atoms with van der Waals surface area (Å²) in [7, 11) is 0. The summed E-state index contributed by atoms with van der Waals surface area (Å²) in [6.07, 6.45) is -3.02. The van der Waals surface area contributed by atoms with Crippen LogP contribution < -0.4 is 11.3 Å². The van der Waals surface area contributed by atoms with Crippen molar-refractivity contribution in [2.75, 3.05) is 19.6 Å². The van der Waals surface area contributed by atoms with Crippen LogP contribution in [0, 0.1) is 0 Å². The van der Waals surface area contributed by atoms with Crippen LogP contribution in [0.4, 0.5) is 13.2 Å². The van der Waals surface area contributed by atoms with Gasteiger partial charge in [-0.1, -0.05) is 11.6 Å². The number of nitrogens with one attached hydrogen (secondary N) is 1. The van der Waals surface area contributed by atoms with Gasteiger partial charge in [0.15, 0.2) is 0 Å². The van der Waals surface area contributed by atoms with Crippen LogP contribution in [0.25, 0.3) is 0 Å². The Morgan fingerprint density at radius 2 is 2.00 bits per heavy atom. The zero-order chi connectivity index (χ0) is 18.7. The van der Waals surface area contributed by atoms with Crippen molar-refractivity contribution >= 4 is 17.5 Å². The number of hydrogen-bond donors (Lipinski definition) is 3. The van der Waals surface area contributed by atoms with Gasteiger partial charge in [0.2, 0.25) is 5.91 Å². The molecule has 1 aliphatic rings. The third kappa shape index (κ3) is 5.07. The van der Waals surface area contributed by atoms with E-state index in [-0.39, 0.29) is 29.3 Å². The topological polar surface area (TPSA) is 78.6 Å². The number of rotatable bonds is 5. The lowest BCUT2D eigenvalue weighted by Gasteiger charge is -2.39. The Balaban J connectivity index is 2.01. The minimum absolute atomic E-state index is 0.117. The number of carbonyl (C=O) groups excluding carboxylic acids is 1. The summed E-state index contributed by atoms with van der Waals surface area (Å²) in [6, 6.07) is 3.02. The number of carbonyl (C=O) groups is 1. The van der Waals surface area contributed by atoms with E-state index in [0.717, 1.165) is 12.1 Å².